The molecule has 192 valence electrons. The van der Waals surface area contributed by atoms with E-state index in [9.17, 15) is 39.0 Å². The van der Waals surface area contributed by atoms with Crippen LogP contribution in [0, 0.1) is 26.0 Å². The van der Waals surface area contributed by atoms with Gasteiger partial charge in [-0.1, -0.05) is 12.1 Å². The van der Waals surface area contributed by atoms with E-state index in [1.54, 1.807) is 0 Å². The normalized spacial score (nSPS) is 14.0. The fourth-order valence-electron chi connectivity index (χ4n) is 3.27. The molecular weight excluding hydrogens is 523 g/mol. The van der Waals surface area contributed by atoms with Crippen molar-refractivity contribution in [2.75, 3.05) is 11.9 Å². The predicted molar refractivity (Wildman–Crippen MR) is 134 cm³/mol. The molecule has 3 aromatic rings. The van der Waals surface area contributed by atoms with Gasteiger partial charge in [0, 0.05) is 11.8 Å². The quantitative estimate of drug-likeness (QED) is 0.233. The number of ether oxygens (including phenoxy) is 1. The van der Waals surface area contributed by atoms with Crippen molar-refractivity contribution in [2.24, 2.45) is 0 Å². The first kappa shape index (κ1) is 26.0. The number of nitrogens with one attached hydrogen (secondary N) is 1. The number of benzene rings is 3. The molecule has 1 aliphatic rings. The molecule has 1 N–H and O–H groups in total. The zero-order chi connectivity index (χ0) is 27.4. The minimum absolute atomic E-state index is 0.0734. The largest absolute Gasteiger partial charge is 0.450 e. The topological polar surface area (TPSA) is 162 Å². The smallest absolute Gasteiger partial charge is 0.318 e. The number of anilines is 1. The summed E-state index contributed by atoms with van der Waals surface area (Å²) in [5.41, 5.74) is -0.237. The van der Waals surface area contributed by atoms with E-state index >= 15 is 0 Å². The number of amides is 3. The molecule has 1 fully saturated rings. The number of thioether (sulfide) groups is 1. The van der Waals surface area contributed by atoms with E-state index in [4.69, 9.17) is 4.74 Å². The predicted octanol–water partition coefficient (Wildman–Crippen LogP) is 5.11. The second kappa shape index (κ2) is 10.9. The van der Waals surface area contributed by atoms with Crippen LogP contribution in [-0.4, -0.2) is 38.3 Å². The average molecular weight is 538 g/mol. The van der Waals surface area contributed by atoms with Crippen LogP contribution in [0.3, 0.4) is 0 Å². The molecule has 38 heavy (non-hydrogen) atoms. The maximum Gasteiger partial charge on any atom is 0.318 e. The lowest BCUT2D eigenvalue weighted by Crippen LogP contribution is -2.36. The summed E-state index contributed by atoms with van der Waals surface area (Å²) in [6, 6.07) is 13.9. The summed E-state index contributed by atoms with van der Waals surface area (Å²) in [5, 5.41) is 24.0. The fourth-order valence-corrected chi connectivity index (χ4v) is 4.11. The Hall–Kier alpha value is -5.11. The molecule has 0 unspecified atom stereocenters. The van der Waals surface area contributed by atoms with Crippen molar-refractivity contribution in [3.8, 4) is 11.5 Å². The highest BCUT2D eigenvalue weighted by Crippen LogP contribution is 2.35. The third kappa shape index (κ3) is 5.99. The van der Waals surface area contributed by atoms with E-state index in [2.05, 4.69) is 5.32 Å². The number of nitro groups is 2. The fraction of sp³-hybridized carbons (Fsp3) is 0.0417. The Morgan fingerprint density at radius 1 is 1.00 bits per heavy atom. The molecule has 0 bridgehead atoms. The maximum atomic E-state index is 13.0. The van der Waals surface area contributed by atoms with Gasteiger partial charge in [-0.2, -0.15) is 0 Å². The van der Waals surface area contributed by atoms with Gasteiger partial charge < -0.3 is 10.1 Å². The monoisotopic (exact) mass is 538 g/mol. The highest BCUT2D eigenvalue weighted by atomic mass is 32.2. The van der Waals surface area contributed by atoms with Gasteiger partial charge in [0.1, 0.15) is 18.1 Å². The first-order valence-corrected chi connectivity index (χ1v) is 11.4. The van der Waals surface area contributed by atoms with E-state index in [0.29, 0.717) is 23.0 Å². The third-order valence-electron chi connectivity index (χ3n) is 5.06. The summed E-state index contributed by atoms with van der Waals surface area (Å²) in [7, 11) is 0. The summed E-state index contributed by atoms with van der Waals surface area (Å²) < 4.78 is 18.5. The van der Waals surface area contributed by atoms with Crippen LogP contribution >= 0.6 is 11.8 Å². The standard InChI is InChI=1S/C24H15FN4O8S/c25-15-3-5-16(6-4-15)26-22(30)13-27-23(31)21(38-24(27)32)11-14-1-8-18(9-2-14)37-20-10-7-17(28(33)34)12-19(20)29(35)36/h1-12H,13H2,(H,26,30)/b21-11+. The minimum atomic E-state index is -0.799. The minimum Gasteiger partial charge on any atom is -0.450 e. The lowest BCUT2D eigenvalue weighted by atomic mass is 10.2. The Balaban J connectivity index is 1.43. The Bertz CT molecular complexity index is 1490. The van der Waals surface area contributed by atoms with E-state index in [0.717, 1.165) is 35.2 Å². The molecule has 12 nitrogen and oxygen atoms in total. The summed E-state index contributed by atoms with van der Waals surface area (Å²) in [6.07, 6.45) is 1.43. The van der Waals surface area contributed by atoms with Gasteiger partial charge in [-0.15, -0.1) is 0 Å². The van der Waals surface area contributed by atoms with Crippen LogP contribution < -0.4 is 10.1 Å². The maximum absolute atomic E-state index is 13.0. The molecule has 1 heterocycles. The van der Waals surface area contributed by atoms with Crippen LogP contribution in [0.5, 0.6) is 11.5 Å². The molecule has 1 saturated heterocycles. The molecule has 4 rings (SSSR count). The van der Waals surface area contributed by atoms with Crippen molar-refractivity contribution in [1.82, 2.24) is 4.90 Å². The number of non-ortho nitro benzene ring substituents is 1. The number of nitro benzene ring substituents is 2. The molecule has 0 saturated carbocycles. The van der Waals surface area contributed by atoms with Crippen LogP contribution in [0.15, 0.2) is 71.6 Å². The van der Waals surface area contributed by atoms with Crippen LogP contribution in [0.1, 0.15) is 5.56 Å². The van der Waals surface area contributed by atoms with Crippen molar-refractivity contribution < 1.29 is 33.4 Å². The van der Waals surface area contributed by atoms with Crippen LogP contribution in [-0.2, 0) is 9.59 Å². The summed E-state index contributed by atoms with van der Waals surface area (Å²) in [5.74, 6) is -1.80. The van der Waals surface area contributed by atoms with E-state index in [1.165, 1.54) is 42.5 Å². The number of rotatable bonds is 8. The lowest BCUT2D eigenvalue weighted by Gasteiger charge is -2.12. The van der Waals surface area contributed by atoms with Gasteiger partial charge in [0.25, 0.3) is 16.8 Å². The zero-order valence-corrected chi connectivity index (χ0v) is 19.8. The number of hydrogen-bond donors (Lipinski definition) is 1. The van der Waals surface area contributed by atoms with E-state index in [1.807, 2.05) is 0 Å². The molecule has 1 aliphatic heterocycles. The van der Waals surface area contributed by atoms with Crippen molar-refractivity contribution in [3.05, 3.63) is 103 Å². The van der Waals surface area contributed by atoms with Gasteiger partial charge in [0.2, 0.25) is 11.7 Å². The van der Waals surface area contributed by atoms with Crippen LogP contribution in [0.4, 0.5) is 26.2 Å². The molecule has 14 heteroatoms. The molecule has 0 aliphatic carbocycles. The molecule has 0 radical (unpaired) electrons. The molecule has 0 atom stereocenters. The Morgan fingerprint density at radius 2 is 1.68 bits per heavy atom. The molecule has 3 aromatic carbocycles. The number of nitrogens with zero attached hydrogens (tertiary/aromatic N) is 3. The number of carbonyl (C=O) groups is 3. The van der Waals surface area contributed by atoms with Gasteiger partial charge in [0.05, 0.1) is 20.8 Å². The SMILES string of the molecule is O=C(CN1C(=O)S/C(=C/c2ccc(Oc3ccc([N+](=O)[O-])cc3[N+](=O)[O-])cc2)C1=O)Nc1ccc(F)cc1. The van der Waals surface area contributed by atoms with Gasteiger partial charge in [0.15, 0.2) is 0 Å². The number of hydrogen-bond acceptors (Lipinski definition) is 9. The summed E-state index contributed by atoms with van der Waals surface area (Å²) in [4.78, 5) is 58.7. The molecule has 0 spiro atoms. The van der Waals surface area contributed by atoms with Crippen molar-refractivity contribution in [3.63, 3.8) is 0 Å². The number of halogens is 1. The lowest BCUT2D eigenvalue weighted by molar-refractivity contribution is -0.394. The van der Waals surface area contributed by atoms with Crippen molar-refractivity contribution >= 4 is 52.0 Å². The van der Waals surface area contributed by atoms with Gasteiger partial charge >= 0.3 is 5.69 Å². The molecular formula is C24H15FN4O8S. The zero-order valence-electron chi connectivity index (χ0n) is 19.0. The first-order chi connectivity index (χ1) is 18.1. The number of imide groups is 1. The molecule has 3 amide bonds. The Morgan fingerprint density at radius 3 is 2.32 bits per heavy atom. The van der Waals surface area contributed by atoms with Gasteiger partial charge in [-0.3, -0.25) is 39.5 Å². The average Bonchev–Trinajstić information content (AvgIpc) is 3.13. The van der Waals surface area contributed by atoms with Crippen molar-refractivity contribution in [1.29, 1.82) is 0 Å². The second-order valence-electron chi connectivity index (χ2n) is 7.66. The highest BCUT2D eigenvalue weighted by Gasteiger charge is 2.36. The third-order valence-corrected chi connectivity index (χ3v) is 5.97. The Labute approximate surface area is 217 Å². The van der Waals surface area contributed by atoms with Crippen LogP contribution in [0.25, 0.3) is 6.08 Å². The van der Waals surface area contributed by atoms with Gasteiger partial charge in [-0.25, -0.2) is 4.39 Å². The summed E-state index contributed by atoms with van der Waals surface area (Å²) >= 11 is 0.650. The number of carbonyl (C=O) groups excluding carboxylic acids is 3. The summed E-state index contributed by atoms with van der Waals surface area (Å²) in [6.45, 7) is -0.528. The van der Waals surface area contributed by atoms with Gasteiger partial charge in [-0.05, 0) is 65.9 Å². The van der Waals surface area contributed by atoms with Crippen molar-refractivity contribution in [2.45, 2.75) is 0 Å². The van der Waals surface area contributed by atoms with E-state index in [-0.39, 0.29) is 16.4 Å². The van der Waals surface area contributed by atoms with E-state index < -0.39 is 50.6 Å². The molecule has 0 aromatic heterocycles. The first-order valence-electron chi connectivity index (χ1n) is 10.6. The Kier molecular flexibility index (Phi) is 7.43. The second-order valence-corrected chi connectivity index (χ2v) is 8.65. The van der Waals surface area contributed by atoms with Crippen LogP contribution in [0.2, 0.25) is 0 Å². The highest BCUT2D eigenvalue weighted by molar-refractivity contribution is 8.18.